The minimum atomic E-state index is 0.0830. The third kappa shape index (κ3) is 3.46. The van der Waals surface area contributed by atoms with Gasteiger partial charge in [0.1, 0.15) is 11.5 Å². The van der Waals surface area contributed by atoms with Crippen molar-refractivity contribution >= 4 is 5.91 Å². The molecule has 0 bridgehead atoms. The Hall–Kier alpha value is -2.33. The number of benzene rings is 2. The molecule has 1 heterocycles. The van der Waals surface area contributed by atoms with E-state index in [1.165, 1.54) is 0 Å². The second-order valence-electron chi connectivity index (χ2n) is 5.55. The second-order valence-corrected chi connectivity index (χ2v) is 5.55. The van der Waals surface area contributed by atoms with Crippen LogP contribution in [0, 0.1) is 0 Å². The molecule has 0 saturated carbocycles. The summed E-state index contributed by atoms with van der Waals surface area (Å²) in [4.78, 5) is 14.4. The smallest absolute Gasteiger partial charge is 0.253 e. The zero-order valence-corrected chi connectivity index (χ0v) is 12.7. The molecule has 2 aromatic rings. The van der Waals surface area contributed by atoms with Crippen LogP contribution in [0.4, 0.5) is 0 Å². The molecule has 0 radical (unpaired) electrons. The lowest BCUT2D eigenvalue weighted by molar-refractivity contribution is 0.0709. The van der Waals surface area contributed by atoms with E-state index in [0.717, 1.165) is 31.1 Å². The Morgan fingerprint density at radius 2 is 1.77 bits per heavy atom. The number of para-hydroxylation sites is 1. The van der Waals surface area contributed by atoms with Gasteiger partial charge >= 0.3 is 0 Å². The van der Waals surface area contributed by atoms with Gasteiger partial charge in [-0.05, 0) is 43.3 Å². The number of hydrogen-bond donors (Lipinski definition) is 1. The highest BCUT2D eigenvalue weighted by atomic mass is 16.5. The molecule has 1 atom stereocenters. The van der Waals surface area contributed by atoms with E-state index in [2.05, 4.69) is 12.2 Å². The summed E-state index contributed by atoms with van der Waals surface area (Å²) in [7, 11) is 0. The van der Waals surface area contributed by atoms with Crippen LogP contribution in [-0.2, 0) is 0 Å². The highest BCUT2D eigenvalue weighted by molar-refractivity contribution is 5.94. The van der Waals surface area contributed by atoms with Gasteiger partial charge in [0.05, 0.1) is 0 Å². The zero-order valence-electron chi connectivity index (χ0n) is 12.7. The molecule has 0 spiro atoms. The first-order valence-corrected chi connectivity index (χ1v) is 7.58. The number of ether oxygens (including phenoxy) is 1. The van der Waals surface area contributed by atoms with Crippen LogP contribution in [0.5, 0.6) is 11.5 Å². The summed E-state index contributed by atoms with van der Waals surface area (Å²) in [5.74, 6) is 1.61. The van der Waals surface area contributed by atoms with Crippen LogP contribution in [0.15, 0.2) is 54.6 Å². The Morgan fingerprint density at radius 1 is 1.09 bits per heavy atom. The van der Waals surface area contributed by atoms with Crippen molar-refractivity contribution in [2.24, 2.45) is 0 Å². The molecule has 0 aromatic heterocycles. The topological polar surface area (TPSA) is 41.6 Å². The van der Waals surface area contributed by atoms with E-state index in [-0.39, 0.29) is 5.91 Å². The van der Waals surface area contributed by atoms with Crippen molar-refractivity contribution in [1.29, 1.82) is 0 Å². The van der Waals surface area contributed by atoms with Gasteiger partial charge in [-0.1, -0.05) is 18.2 Å². The lowest BCUT2D eigenvalue weighted by Crippen LogP contribution is -2.51. The Kier molecular flexibility index (Phi) is 4.39. The van der Waals surface area contributed by atoms with Crippen LogP contribution in [0.2, 0.25) is 0 Å². The van der Waals surface area contributed by atoms with Crippen LogP contribution in [0.25, 0.3) is 0 Å². The predicted octanol–water partition coefficient (Wildman–Crippen LogP) is 2.91. The quantitative estimate of drug-likeness (QED) is 0.947. The third-order valence-electron chi connectivity index (χ3n) is 3.74. The Balaban J connectivity index is 1.67. The number of piperazine rings is 1. The van der Waals surface area contributed by atoms with Gasteiger partial charge in [0, 0.05) is 31.2 Å². The molecule has 114 valence electrons. The number of carbonyl (C=O) groups excluding carboxylic acids is 1. The predicted molar refractivity (Wildman–Crippen MR) is 86.3 cm³/mol. The first-order valence-electron chi connectivity index (χ1n) is 7.58. The number of rotatable bonds is 3. The maximum atomic E-state index is 12.5. The molecule has 3 rings (SSSR count). The summed E-state index contributed by atoms with van der Waals surface area (Å²) in [6.07, 6.45) is 0. The largest absolute Gasteiger partial charge is 0.457 e. The van der Waals surface area contributed by atoms with E-state index in [1.54, 1.807) is 0 Å². The first-order chi connectivity index (χ1) is 10.7. The molecular weight excluding hydrogens is 276 g/mol. The lowest BCUT2D eigenvalue weighted by atomic mass is 10.1. The minimum absolute atomic E-state index is 0.0830. The van der Waals surface area contributed by atoms with E-state index in [0.29, 0.717) is 11.6 Å². The molecule has 22 heavy (non-hydrogen) atoms. The number of carbonyl (C=O) groups is 1. The molecule has 1 saturated heterocycles. The van der Waals surface area contributed by atoms with Gasteiger partial charge in [-0.25, -0.2) is 0 Å². The van der Waals surface area contributed by atoms with Gasteiger partial charge in [-0.2, -0.15) is 0 Å². The molecular formula is C18H20N2O2. The maximum absolute atomic E-state index is 12.5. The number of amides is 1. The van der Waals surface area contributed by atoms with Crippen molar-refractivity contribution < 1.29 is 9.53 Å². The number of nitrogens with zero attached hydrogens (tertiary/aromatic N) is 1. The Bertz CT molecular complexity index is 625. The van der Waals surface area contributed by atoms with Gasteiger partial charge in [-0.15, -0.1) is 0 Å². The third-order valence-corrected chi connectivity index (χ3v) is 3.74. The minimum Gasteiger partial charge on any atom is -0.457 e. The molecule has 4 nitrogen and oxygen atoms in total. The second kappa shape index (κ2) is 6.62. The van der Waals surface area contributed by atoms with Crippen LogP contribution < -0.4 is 10.1 Å². The van der Waals surface area contributed by atoms with Gasteiger partial charge in [0.2, 0.25) is 0 Å². The summed E-state index contributed by atoms with van der Waals surface area (Å²) in [6.45, 7) is 4.45. The maximum Gasteiger partial charge on any atom is 0.253 e. The van der Waals surface area contributed by atoms with Gasteiger partial charge in [0.25, 0.3) is 5.91 Å². The highest BCUT2D eigenvalue weighted by Crippen LogP contribution is 2.21. The summed E-state index contributed by atoms with van der Waals surface area (Å²) in [5.41, 5.74) is 0.703. The van der Waals surface area contributed by atoms with Crippen molar-refractivity contribution in [3.63, 3.8) is 0 Å². The molecule has 1 amide bonds. The van der Waals surface area contributed by atoms with E-state index >= 15 is 0 Å². The first kappa shape index (κ1) is 14.6. The Morgan fingerprint density at radius 3 is 2.45 bits per heavy atom. The average Bonchev–Trinajstić information content (AvgIpc) is 2.56. The van der Waals surface area contributed by atoms with Crippen molar-refractivity contribution in [2.45, 2.75) is 13.0 Å². The van der Waals surface area contributed by atoms with Gasteiger partial charge in [-0.3, -0.25) is 4.79 Å². The fourth-order valence-corrected chi connectivity index (χ4v) is 2.59. The van der Waals surface area contributed by atoms with E-state index in [4.69, 9.17) is 4.74 Å². The van der Waals surface area contributed by atoms with Crippen LogP contribution >= 0.6 is 0 Å². The molecule has 1 fully saturated rings. The molecule has 1 N–H and O–H groups in total. The fraction of sp³-hybridized carbons (Fsp3) is 0.278. The molecule has 1 aliphatic rings. The van der Waals surface area contributed by atoms with Crippen LogP contribution in [-0.4, -0.2) is 36.5 Å². The van der Waals surface area contributed by atoms with Crippen LogP contribution in [0.1, 0.15) is 17.3 Å². The number of hydrogen-bond acceptors (Lipinski definition) is 3. The van der Waals surface area contributed by atoms with Crippen molar-refractivity contribution in [2.75, 3.05) is 19.6 Å². The summed E-state index contributed by atoms with van der Waals surface area (Å²) >= 11 is 0. The molecule has 0 aliphatic carbocycles. The lowest BCUT2D eigenvalue weighted by Gasteiger charge is -2.32. The summed E-state index contributed by atoms with van der Waals surface area (Å²) < 4.78 is 5.74. The van der Waals surface area contributed by atoms with Crippen molar-refractivity contribution in [3.05, 3.63) is 60.2 Å². The SMILES string of the molecule is CC1CN(C(=O)c2ccc(Oc3ccccc3)cc2)CCN1. The van der Waals surface area contributed by atoms with E-state index < -0.39 is 0 Å². The summed E-state index contributed by atoms with van der Waals surface area (Å²) in [5, 5.41) is 3.34. The molecule has 1 unspecified atom stereocenters. The van der Waals surface area contributed by atoms with Crippen molar-refractivity contribution in [3.8, 4) is 11.5 Å². The number of nitrogens with one attached hydrogen (secondary N) is 1. The Labute approximate surface area is 130 Å². The van der Waals surface area contributed by atoms with E-state index in [9.17, 15) is 4.79 Å². The normalized spacial score (nSPS) is 18.0. The zero-order chi connectivity index (χ0) is 15.4. The highest BCUT2D eigenvalue weighted by Gasteiger charge is 2.21. The standard InChI is InChI=1S/C18H20N2O2/c1-14-13-20(12-11-19-14)18(21)15-7-9-17(10-8-15)22-16-5-3-2-4-6-16/h2-10,14,19H,11-13H2,1H3. The van der Waals surface area contributed by atoms with Crippen molar-refractivity contribution in [1.82, 2.24) is 10.2 Å². The summed E-state index contributed by atoms with van der Waals surface area (Å²) in [6, 6.07) is 17.3. The molecule has 4 heteroatoms. The van der Waals surface area contributed by atoms with Crippen LogP contribution in [0.3, 0.4) is 0 Å². The monoisotopic (exact) mass is 296 g/mol. The van der Waals surface area contributed by atoms with Gasteiger partial charge < -0.3 is 15.0 Å². The molecule has 2 aromatic carbocycles. The molecule has 1 aliphatic heterocycles. The average molecular weight is 296 g/mol. The van der Waals surface area contributed by atoms with E-state index in [1.807, 2.05) is 59.5 Å². The van der Waals surface area contributed by atoms with Gasteiger partial charge in [0.15, 0.2) is 0 Å². The fourth-order valence-electron chi connectivity index (χ4n) is 2.59.